The van der Waals surface area contributed by atoms with Gasteiger partial charge in [-0.2, -0.15) is 5.10 Å². The first-order valence-corrected chi connectivity index (χ1v) is 7.23. The minimum absolute atomic E-state index is 0.325. The molecule has 0 spiro atoms. The van der Waals surface area contributed by atoms with Crippen LogP contribution in [0.25, 0.3) is 11.4 Å². The van der Waals surface area contributed by atoms with Crippen LogP contribution in [0.3, 0.4) is 0 Å². The van der Waals surface area contributed by atoms with E-state index < -0.39 is 0 Å². The molecule has 0 saturated heterocycles. The minimum atomic E-state index is -0.325. The molecular formula is C17H17N5O. The molecule has 0 aliphatic rings. The third-order valence-corrected chi connectivity index (χ3v) is 3.29. The summed E-state index contributed by atoms with van der Waals surface area (Å²) in [6.45, 7) is 3.98. The minimum Gasteiger partial charge on any atom is -0.308 e. The van der Waals surface area contributed by atoms with E-state index in [9.17, 15) is 4.79 Å². The zero-order valence-electron chi connectivity index (χ0n) is 12.9. The maximum absolute atomic E-state index is 12.2. The molecule has 0 fully saturated rings. The topological polar surface area (TPSA) is 82.7 Å². The van der Waals surface area contributed by atoms with Crippen molar-refractivity contribution in [2.24, 2.45) is 0 Å². The second-order valence-electron chi connectivity index (χ2n) is 5.33. The normalized spacial score (nSPS) is 10.3. The molecule has 0 radical (unpaired) electrons. The van der Waals surface area contributed by atoms with Crippen LogP contribution in [0.5, 0.6) is 0 Å². The summed E-state index contributed by atoms with van der Waals surface area (Å²) in [7, 11) is 0. The average molecular weight is 307 g/mol. The van der Waals surface area contributed by atoms with Crippen LogP contribution in [-0.4, -0.2) is 21.2 Å². The molecule has 0 aliphatic carbocycles. The number of hydrogen-bond acceptors (Lipinski definition) is 3. The van der Waals surface area contributed by atoms with E-state index in [1.54, 1.807) is 12.4 Å². The maximum atomic E-state index is 12.2. The number of carbonyl (C=O) groups is 1. The van der Waals surface area contributed by atoms with Crippen molar-refractivity contribution in [3.05, 3.63) is 59.9 Å². The van der Waals surface area contributed by atoms with E-state index in [-0.39, 0.29) is 6.03 Å². The molecule has 0 saturated carbocycles. The van der Waals surface area contributed by atoms with Crippen LogP contribution >= 0.6 is 0 Å². The van der Waals surface area contributed by atoms with Crippen LogP contribution in [0.4, 0.5) is 16.2 Å². The molecule has 0 unspecified atom stereocenters. The summed E-state index contributed by atoms with van der Waals surface area (Å²) in [4.78, 5) is 16.5. The number of rotatable bonds is 3. The van der Waals surface area contributed by atoms with Gasteiger partial charge in [0.15, 0.2) is 0 Å². The predicted octanol–water partition coefficient (Wildman–Crippen LogP) is 3.73. The Balaban J connectivity index is 1.75. The fraction of sp³-hybridized carbons (Fsp3) is 0.118. The van der Waals surface area contributed by atoms with Crippen LogP contribution in [-0.2, 0) is 0 Å². The molecule has 3 N–H and O–H groups in total. The Labute approximate surface area is 134 Å². The van der Waals surface area contributed by atoms with Gasteiger partial charge in [-0.05, 0) is 49.2 Å². The van der Waals surface area contributed by atoms with Crippen LogP contribution in [0.2, 0.25) is 0 Å². The molecule has 2 heterocycles. The summed E-state index contributed by atoms with van der Waals surface area (Å²) in [6, 6.07) is 11.1. The van der Waals surface area contributed by atoms with Crippen LogP contribution in [0.15, 0.2) is 48.8 Å². The Kier molecular flexibility index (Phi) is 4.05. The van der Waals surface area contributed by atoms with Gasteiger partial charge in [0.25, 0.3) is 0 Å². The van der Waals surface area contributed by atoms with Crippen molar-refractivity contribution in [1.29, 1.82) is 0 Å². The van der Waals surface area contributed by atoms with Gasteiger partial charge < -0.3 is 10.6 Å². The number of anilines is 2. The van der Waals surface area contributed by atoms with Crippen molar-refractivity contribution in [3.63, 3.8) is 0 Å². The molecule has 0 bridgehead atoms. The first kappa shape index (κ1) is 14.8. The van der Waals surface area contributed by atoms with E-state index in [2.05, 4.69) is 31.9 Å². The number of amides is 2. The lowest BCUT2D eigenvalue weighted by atomic mass is 10.1. The zero-order valence-corrected chi connectivity index (χ0v) is 12.9. The number of nitrogens with one attached hydrogen (secondary N) is 3. The van der Waals surface area contributed by atoms with Gasteiger partial charge in [0.2, 0.25) is 0 Å². The number of benzene rings is 1. The lowest BCUT2D eigenvalue weighted by Crippen LogP contribution is -2.19. The third-order valence-electron chi connectivity index (χ3n) is 3.29. The number of nitrogens with zero attached hydrogens (tertiary/aromatic N) is 2. The Morgan fingerprint density at radius 1 is 1.09 bits per heavy atom. The number of aromatic amines is 1. The van der Waals surface area contributed by atoms with E-state index in [4.69, 9.17) is 0 Å². The summed E-state index contributed by atoms with van der Waals surface area (Å²) < 4.78 is 0. The summed E-state index contributed by atoms with van der Waals surface area (Å²) in [5.74, 6) is 0. The maximum Gasteiger partial charge on any atom is 0.323 e. The Morgan fingerprint density at radius 2 is 1.87 bits per heavy atom. The number of H-pyrrole nitrogens is 1. The zero-order chi connectivity index (χ0) is 16.2. The first-order valence-electron chi connectivity index (χ1n) is 7.23. The van der Waals surface area contributed by atoms with Gasteiger partial charge in [-0.15, -0.1) is 0 Å². The Morgan fingerprint density at radius 3 is 2.57 bits per heavy atom. The molecule has 6 heteroatoms. The summed E-state index contributed by atoms with van der Waals surface area (Å²) >= 11 is 0. The standard InChI is InChI=1S/C17H17N5O/c1-11-7-12(2)9-13(8-11)20-17(23)21-15-10-19-22-16(15)14-5-3-4-6-18-14/h3-10H,1-2H3,(H,19,22)(H2,20,21,23). The summed E-state index contributed by atoms with van der Waals surface area (Å²) in [5, 5.41) is 12.5. The molecule has 3 rings (SSSR count). The highest BCUT2D eigenvalue weighted by atomic mass is 16.2. The monoisotopic (exact) mass is 307 g/mol. The van der Waals surface area contributed by atoms with E-state index in [0.29, 0.717) is 17.1 Å². The molecule has 2 amide bonds. The molecular weight excluding hydrogens is 290 g/mol. The van der Waals surface area contributed by atoms with E-state index in [1.807, 2.05) is 44.2 Å². The van der Waals surface area contributed by atoms with Crippen molar-refractivity contribution in [1.82, 2.24) is 15.2 Å². The smallest absolute Gasteiger partial charge is 0.308 e. The number of carbonyl (C=O) groups excluding carboxylic acids is 1. The number of hydrogen-bond donors (Lipinski definition) is 3. The van der Waals surface area contributed by atoms with Crippen molar-refractivity contribution < 1.29 is 4.79 Å². The number of urea groups is 1. The molecule has 6 nitrogen and oxygen atoms in total. The summed E-state index contributed by atoms with van der Waals surface area (Å²) in [6.07, 6.45) is 3.25. The van der Waals surface area contributed by atoms with Crippen LogP contribution in [0.1, 0.15) is 11.1 Å². The van der Waals surface area contributed by atoms with Gasteiger partial charge in [0.1, 0.15) is 5.69 Å². The number of aryl methyl sites for hydroxylation is 2. The molecule has 0 atom stereocenters. The van der Waals surface area contributed by atoms with Crippen LogP contribution in [0, 0.1) is 13.8 Å². The SMILES string of the molecule is Cc1cc(C)cc(NC(=O)Nc2cn[nH]c2-c2ccccn2)c1. The molecule has 116 valence electrons. The van der Waals surface area contributed by atoms with Crippen molar-refractivity contribution >= 4 is 17.4 Å². The van der Waals surface area contributed by atoms with Gasteiger partial charge in [-0.3, -0.25) is 10.1 Å². The van der Waals surface area contributed by atoms with E-state index >= 15 is 0 Å². The van der Waals surface area contributed by atoms with Gasteiger partial charge in [0, 0.05) is 11.9 Å². The third kappa shape index (κ3) is 3.55. The largest absolute Gasteiger partial charge is 0.323 e. The van der Waals surface area contributed by atoms with Gasteiger partial charge in [-0.25, -0.2) is 4.79 Å². The van der Waals surface area contributed by atoms with Crippen LogP contribution < -0.4 is 10.6 Å². The highest BCUT2D eigenvalue weighted by Gasteiger charge is 2.11. The van der Waals surface area contributed by atoms with Crippen molar-refractivity contribution in [2.75, 3.05) is 10.6 Å². The molecule has 23 heavy (non-hydrogen) atoms. The van der Waals surface area contributed by atoms with Crippen molar-refractivity contribution in [2.45, 2.75) is 13.8 Å². The predicted molar refractivity (Wildman–Crippen MR) is 90.4 cm³/mol. The fourth-order valence-electron chi connectivity index (χ4n) is 2.42. The van der Waals surface area contributed by atoms with Gasteiger partial charge in [0.05, 0.1) is 17.6 Å². The summed E-state index contributed by atoms with van der Waals surface area (Å²) in [5.41, 5.74) is 4.90. The average Bonchev–Trinajstić information content (AvgIpc) is 2.95. The van der Waals surface area contributed by atoms with Gasteiger partial charge >= 0.3 is 6.03 Å². The van der Waals surface area contributed by atoms with Gasteiger partial charge in [-0.1, -0.05) is 12.1 Å². The molecule has 2 aromatic heterocycles. The lowest BCUT2D eigenvalue weighted by Gasteiger charge is -2.09. The van der Waals surface area contributed by atoms with E-state index in [0.717, 1.165) is 16.8 Å². The van der Waals surface area contributed by atoms with E-state index in [1.165, 1.54) is 0 Å². The second-order valence-corrected chi connectivity index (χ2v) is 5.33. The Hall–Kier alpha value is -3.15. The quantitative estimate of drug-likeness (QED) is 0.689. The number of aromatic nitrogens is 3. The number of pyridine rings is 1. The van der Waals surface area contributed by atoms with Crippen molar-refractivity contribution in [3.8, 4) is 11.4 Å². The molecule has 0 aliphatic heterocycles. The highest BCUT2D eigenvalue weighted by molar-refractivity contribution is 6.01. The lowest BCUT2D eigenvalue weighted by molar-refractivity contribution is 0.262. The molecule has 1 aromatic carbocycles. The second kappa shape index (κ2) is 6.31. The highest BCUT2D eigenvalue weighted by Crippen LogP contribution is 2.23. The molecule has 3 aromatic rings. The fourth-order valence-corrected chi connectivity index (χ4v) is 2.42. The Bertz CT molecular complexity index is 806. The first-order chi connectivity index (χ1) is 11.1.